The van der Waals surface area contributed by atoms with Crippen LogP contribution in [0.3, 0.4) is 0 Å². The summed E-state index contributed by atoms with van der Waals surface area (Å²) in [5.74, 6) is -0.361. The van der Waals surface area contributed by atoms with E-state index < -0.39 is 5.97 Å². The molecule has 0 saturated carbocycles. The van der Waals surface area contributed by atoms with Gasteiger partial charge in [-0.05, 0) is 42.8 Å². The summed E-state index contributed by atoms with van der Waals surface area (Å²) in [6, 6.07) is 12.1. The van der Waals surface area contributed by atoms with Crippen molar-refractivity contribution in [2.45, 2.75) is 6.92 Å². The molecule has 10 heteroatoms. The molecular formula is C24H18N6O3S. The van der Waals surface area contributed by atoms with Gasteiger partial charge < -0.3 is 21.5 Å². The molecule has 3 aromatic heterocycles. The molecule has 5 rings (SSSR count). The van der Waals surface area contributed by atoms with Crippen LogP contribution in [-0.2, 0) is 0 Å². The fraction of sp³-hybridized carbons (Fsp3) is 0.0417. The lowest BCUT2D eigenvalue weighted by atomic mass is 10.0. The summed E-state index contributed by atoms with van der Waals surface area (Å²) < 4.78 is 0.673. The van der Waals surface area contributed by atoms with Crippen LogP contribution in [0.4, 0.5) is 23.0 Å². The predicted octanol–water partition coefficient (Wildman–Crippen LogP) is 4.82. The van der Waals surface area contributed by atoms with Gasteiger partial charge in [-0.2, -0.15) is 0 Å². The van der Waals surface area contributed by atoms with E-state index in [9.17, 15) is 9.59 Å². The molecule has 168 valence electrons. The zero-order chi connectivity index (χ0) is 23.8. The SMILES string of the molecule is Cc1ccc2c(Nc3ccc(C(=O)O)cc3)nccc2c1NC(=O)c1csc2c(N)ncnc12. The smallest absolute Gasteiger partial charge is 0.335 e. The van der Waals surface area contributed by atoms with Crippen LogP contribution >= 0.6 is 11.3 Å². The summed E-state index contributed by atoms with van der Waals surface area (Å²) in [4.78, 5) is 36.9. The number of hydrogen-bond donors (Lipinski definition) is 4. The largest absolute Gasteiger partial charge is 0.478 e. The fourth-order valence-electron chi connectivity index (χ4n) is 3.67. The Morgan fingerprint density at radius 1 is 1.00 bits per heavy atom. The Kier molecular flexibility index (Phi) is 5.27. The van der Waals surface area contributed by atoms with Crippen molar-refractivity contribution in [1.29, 1.82) is 0 Å². The molecule has 9 nitrogen and oxygen atoms in total. The van der Waals surface area contributed by atoms with Gasteiger partial charge in [-0.15, -0.1) is 11.3 Å². The van der Waals surface area contributed by atoms with Crippen LogP contribution in [0.25, 0.3) is 21.0 Å². The number of aryl methyl sites for hydroxylation is 1. The van der Waals surface area contributed by atoms with Crippen molar-refractivity contribution in [3.8, 4) is 0 Å². The second-order valence-corrected chi connectivity index (χ2v) is 8.44. The van der Waals surface area contributed by atoms with E-state index in [1.807, 2.05) is 25.1 Å². The minimum absolute atomic E-state index is 0.199. The molecule has 0 aliphatic carbocycles. The molecule has 0 saturated heterocycles. The van der Waals surface area contributed by atoms with Crippen molar-refractivity contribution < 1.29 is 14.7 Å². The number of benzene rings is 2. The highest BCUT2D eigenvalue weighted by atomic mass is 32.1. The predicted molar refractivity (Wildman–Crippen MR) is 133 cm³/mol. The van der Waals surface area contributed by atoms with Crippen molar-refractivity contribution in [3.05, 3.63) is 77.1 Å². The Bertz CT molecular complexity index is 1580. The van der Waals surface area contributed by atoms with Gasteiger partial charge in [0, 0.05) is 28.0 Å². The molecule has 1 amide bonds. The van der Waals surface area contributed by atoms with Gasteiger partial charge in [0.15, 0.2) is 0 Å². The van der Waals surface area contributed by atoms with E-state index in [1.165, 1.54) is 29.8 Å². The molecule has 34 heavy (non-hydrogen) atoms. The lowest BCUT2D eigenvalue weighted by Crippen LogP contribution is -2.13. The van der Waals surface area contributed by atoms with Crippen LogP contribution < -0.4 is 16.4 Å². The van der Waals surface area contributed by atoms with E-state index in [4.69, 9.17) is 10.8 Å². The Morgan fingerprint density at radius 3 is 2.56 bits per heavy atom. The molecule has 5 aromatic rings. The molecule has 0 fully saturated rings. The molecule has 2 aromatic carbocycles. The Morgan fingerprint density at radius 2 is 1.79 bits per heavy atom. The van der Waals surface area contributed by atoms with Gasteiger partial charge in [-0.25, -0.2) is 19.7 Å². The number of carbonyl (C=O) groups excluding carboxylic acids is 1. The molecular weight excluding hydrogens is 452 g/mol. The van der Waals surface area contributed by atoms with Crippen LogP contribution in [0, 0.1) is 6.92 Å². The third-order valence-electron chi connectivity index (χ3n) is 5.41. The number of aromatic carboxylic acids is 1. The first-order valence-corrected chi connectivity index (χ1v) is 11.1. The van der Waals surface area contributed by atoms with Gasteiger partial charge in [0.25, 0.3) is 5.91 Å². The summed E-state index contributed by atoms with van der Waals surface area (Å²) in [5, 5.41) is 18.7. The average molecular weight is 471 g/mol. The molecule has 5 N–H and O–H groups in total. The molecule has 0 bridgehead atoms. The van der Waals surface area contributed by atoms with Crippen molar-refractivity contribution in [2.24, 2.45) is 0 Å². The quantitative estimate of drug-likeness (QED) is 0.286. The number of aromatic nitrogens is 3. The third kappa shape index (κ3) is 3.76. The van der Waals surface area contributed by atoms with Crippen LogP contribution in [-0.4, -0.2) is 31.9 Å². The van der Waals surface area contributed by atoms with Gasteiger partial charge in [-0.1, -0.05) is 12.1 Å². The third-order valence-corrected chi connectivity index (χ3v) is 6.40. The number of nitrogen functional groups attached to an aromatic ring is 1. The number of carbonyl (C=O) groups is 2. The fourth-order valence-corrected chi connectivity index (χ4v) is 4.58. The van der Waals surface area contributed by atoms with Crippen LogP contribution in [0.5, 0.6) is 0 Å². The molecule has 0 spiro atoms. The lowest BCUT2D eigenvalue weighted by molar-refractivity contribution is 0.0696. The summed E-state index contributed by atoms with van der Waals surface area (Å²) >= 11 is 1.33. The van der Waals surface area contributed by atoms with Gasteiger partial charge in [0.2, 0.25) is 0 Å². The molecule has 0 atom stereocenters. The number of carboxylic acid groups (broad SMARTS) is 1. The Hall–Kier alpha value is -4.57. The van der Waals surface area contributed by atoms with Crippen molar-refractivity contribution in [1.82, 2.24) is 15.0 Å². The van der Waals surface area contributed by atoms with E-state index in [2.05, 4.69) is 25.6 Å². The number of carboxylic acids is 1. The first-order valence-electron chi connectivity index (χ1n) is 10.2. The molecule has 0 aliphatic heterocycles. The maximum absolute atomic E-state index is 13.2. The number of thiophene rings is 1. The number of rotatable bonds is 5. The average Bonchev–Trinajstić information content (AvgIpc) is 3.27. The molecule has 0 unspecified atom stereocenters. The van der Waals surface area contributed by atoms with E-state index in [-0.39, 0.29) is 11.5 Å². The zero-order valence-electron chi connectivity index (χ0n) is 17.9. The maximum atomic E-state index is 13.2. The summed E-state index contributed by atoms with van der Waals surface area (Å²) in [6.45, 7) is 1.92. The van der Waals surface area contributed by atoms with Gasteiger partial charge in [0.05, 0.1) is 27.0 Å². The topological polar surface area (TPSA) is 143 Å². The second kappa shape index (κ2) is 8.41. The normalized spacial score (nSPS) is 11.0. The second-order valence-electron chi connectivity index (χ2n) is 7.56. The van der Waals surface area contributed by atoms with Crippen LogP contribution in [0.1, 0.15) is 26.3 Å². The van der Waals surface area contributed by atoms with Crippen molar-refractivity contribution >= 4 is 67.2 Å². The summed E-state index contributed by atoms with van der Waals surface area (Å²) in [6.07, 6.45) is 3.00. The molecule has 0 radical (unpaired) electrons. The number of nitrogens with zero attached hydrogens (tertiary/aromatic N) is 3. The minimum Gasteiger partial charge on any atom is -0.478 e. The van der Waals surface area contributed by atoms with E-state index in [0.29, 0.717) is 38.8 Å². The van der Waals surface area contributed by atoms with E-state index in [1.54, 1.807) is 23.7 Å². The number of anilines is 4. The van der Waals surface area contributed by atoms with Crippen molar-refractivity contribution in [2.75, 3.05) is 16.4 Å². The van der Waals surface area contributed by atoms with Crippen LogP contribution in [0.2, 0.25) is 0 Å². The first-order chi connectivity index (χ1) is 16.4. The molecule has 0 aliphatic rings. The highest BCUT2D eigenvalue weighted by molar-refractivity contribution is 7.18. The monoisotopic (exact) mass is 470 g/mol. The number of hydrogen-bond acceptors (Lipinski definition) is 8. The van der Waals surface area contributed by atoms with Crippen molar-refractivity contribution in [3.63, 3.8) is 0 Å². The van der Waals surface area contributed by atoms with Gasteiger partial charge in [0.1, 0.15) is 18.0 Å². The number of pyridine rings is 1. The lowest BCUT2D eigenvalue weighted by Gasteiger charge is -2.14. The summed E-state index contributed by atoms with van der Waals surface area (Å²) in [7, 11) is 0. The summed E-state index contributed by atoms with van der Waals surface area (Å²) in [5.41, 5.74) is 9.29. The first kappa shape index (κ1) is 21.3. The minimum atomic E-state index is -0.988. The standard InChI is InChI=1S/C24H18N6O3S/c1-12-2-7-16-15(8-9-26-22(16)29-14-5-3-13(4-6-14)24(32)33)18(12)30-23(31)17-10-34-20-19(17)27-11-28-21(20)25/h2-11H,1H3,(H,26,29)(H,30,31)(H,32,33)(H2,25,27,28). The highest BCUT2D eigenvalue weighted by Crippen LogP contribution is 2.33. The zero-order valence-corrected chi connectivity index (χ0v) is 18.7. The van der Waals surface area contributed by atoms with Crippen LogP contribution in [0.15, 0.2) is 60.4 Å². The number of nitrogens with one attached hydrogen (secondary N) is 2. The Labute approximate surface area is 197 Å². The number of amides is 1. The maximum Gasteiger partial charge on any atom is 0.335 e. The molecule has 3 heterocycles. The highest BCUT2D eigenvalue weighted by Gasteiger charge is 2.18. The van der Waals surface area contributed by atoms with Gasteiger partial charge >= 0.3 is 5.97 Å². The van der Waals surface area contributed by atoms with E-state index in [0.717, 1.165) is 16.3 Å². The number of nitrogens with two attached hydrogens (primary N) is 1. The Balaban J connectivity index is 1.50. The van der Waals surface area contributed by atoms with Gasteiger partial charge in [-0.3, -0.25) is 4.79 Å². The van der Waals surface area contributed by atoms with E-state index >= 15 is 0 Å². The number of fused-ring (bicyclic) bond motifs is 2.